The van der Waals surface area contributed by atoms with Gasteiger partial charge in [0, 0.05) is 24.7 Å². The zero-order valence-electron chi connectivity index (χ0n) is 12.6. The minimum Gasteiger partial charge on any atom is -0.355 e. The standard InChI is InChI=1S/C17H21N3O/c1-12(21)13-6-8-20(9-7-13)17-15(11-18)10-14-4-2-3-5-16(14)19-17/h10,13H,2-9H2,1H3. The third kappa shape index (κ3) is 2.78. The van der Waals surface area contributed by atoms with Crippen LogP contribution >= 0.6 is 0 Å². The fraction of sp³-hybridized carbons (Fsp3) is 0.588. The molecule has 0 atom stereocenters. The van der Waals surface area contributed by atoms with Crippen molar-refractivity contribution < 1.29 is 4.79 Å². The van der Waals surface area contributed by atoms with Crippen LogP contribution in [0.1, 0.15) is 49.4 Å². The average molecular weight is 283 g/mol. The molecule has 4 heteroatoms. The number of hydrogen-bond donors (Lipinski definition) is 0. The lowest BCUT2D eigenvalue weighted by molar-refractivity contribution is -0.121. The van der Waals surface area contributed by atoms with Crippen LogP contribution in [0.15, 0.2) is 6.07 Å². The zero-order valence-corrected chi connectivity index (χ0v) is 12.6. The van der Waals surface area contributed by atoms with Crippen LogP contribution in [-0.4, -0.2) is 23.9 Å². The molecule has 0 spiro atoms. The summed E-state index contributed by atoms with van der Waals surface area (Å²) in [5.41, 5.74) is 3.11. The molecule has 0 saturated carbocycles. The van der Waals surface area contributed by atoms with Crippen molar-refractivity contribution >= 4 is 11.6 Å². The van der Waals surface area contributed by atoms with Crippen LogP contribution in [0.25, 0.3) is 0 Å². The summed E-state index contributed by atoms with van der Waals surface area (Å²) in [6.07, 6.45) is 6.21. The first kappa shape index (κ1) is 14.1. The molecule has 1 fully saturated rings. The molecule has 1 aromatic rings. The Bertz CT molecular complexity index is 595. The van der Waals surface area contributed by atoms with Crippen molar-refractivity contribution in [3.05, 3.63) is 22.9 Å². The number of piperidine rings is 1. The van der Waals surface area contributed by atoms with Gasteiger partial charge in [-0.15, -0.1) is 0 Å². The number of carbonyl (C=O) groups excluding carboxylic acids is 1. The summed E-state index contributed by atoms with van der Waals surface area (Å²) >= 11 is 0. The summed E-state index contributed by atoms with van der Waals surface area (Å²) in [5, 5.41) is 9.42. The van der Waals surface area contributed by atoms with E-state index in [-0.39, 0.29) is 11.7 Å². The van der Waals surface area contributed by atoms with E-state index in [4.69, 9.17) is 4.98 Å². The molecular formula is C17H21N3O. The molecule has 0 radical (unpaired) electrons. The summed E-state index contributed by atoms with van der Waals surface area (Å²) in [6.45, 7) is 3.33. The van der Waals surface area contributed by atoms with Gasteiger partial charge in [0.15, 0.2) is 0 Å². The van der Waals surface area contributed by atoms with Gasteiger partial charge in [-0.25, -0.2) is 4.98 Å². The molecule has 1 saturated heterocycles. The summed E-state index contributed by atoms with van der Waals surface area (Å²) in [5.74, 6) is 1.30. The molecule has 0 N–H and O–H groups in total. The molecule has 0 bridgehead atoms. The van der Waals surface area contributed by atoms with Crippen LogP contribution in [0, 0.1) is 17.2 Å². The smallest absolute Gasteiger partial charge is 0.146 e. The van der Waals surface area contributed by atoms with Crippen LogP contribution < -0.4 is 4.90 Å². The molecule has 1 aliphatic carbocycles. The number of nitrogens with zero attached hydrogens (tertiary/aromatic N) is 3. The predicted molar refractivity (Wildman–Crippen MR) is 81.2 cm³/mol. The molecule has 0 unspecified atom stereocenters. The average Bonchev–Trinajstić information content (AvgIpc) is 2.53. The van der Waals surface area contributed by atoms with E-state index in [1.807, 2.05) is 6.07 Å². The van der Waals surface area contributed by atoms with Gasteiger partial charge in [0.05, 0.1) is 5.56 Å². The second-order valence-corrected chi connectivity index (χ2v) is 6.16. The monoisotopic (exact) mass is 283 g/mol. The van der Waals surface area contributed by atoms with Crippen molar-refractivity contribution in [1.29, 1.82) is 5.26 Å². The Labute approximate surface area is 125 Å². The lowest BCUT2D eigenvalue weighted by Crippen LogP contribution is -2.37. The fourth-order valence-electron chi connectivity index (χ4n) is 3.44. The fourth-order valence-corrected chi connectivity index (χ4v) is 3.44. The number of nitriles is 1. The van der Waals surface area contributed by atoms with Gasteiger partial charge >= 0.3 is 0 Å². The molecular weight excluding hydrogens is 262 g/mol. The van der Waals surface area contributed by atoms with Crippen molar-refractivity contribution in [2.24, 2.45) is 5.92 Å². The largest absolute Gasteiger partial charge is 0.355 e. The van der Waals surface area contributed by atoms with Crippen molar-refractivity contribution in [3.8, 4) is 6.07 Å². The number of pyridine rings is 1. The molecule has 1 aliphatic heterocycles. The topological polar surface area (TPSA) is 57.0 Å². The molecule has 2 aliphatic rings. The molecule has 0 aromatic carbocycles. The number of carbonyl (C=O) groups is 1. The molecule has 1 aromatic heterocycles. The van der Waals surface area contributed by atoms with E-state index >= 15 is 0 Å². The van der Waals surface area contributed by atoms with Crippen molar-refractivity contribution in [1.82, 2.24) is 4.98 Å². The summed E-state index contributed by atoms with van der Waals surface area (Å²) < 4.78 is 0. The SMILES string of the molecule is CC(=O)C1CCN(c2nc3c(cc2C#N)CCCC3)CC1. The number of fused-ring (bicyclic) bond motifs is 1. The van der Waals surface area contributed by atoms with Gasteiger partial charge in [-0.2, -0.15) is 5.26 Å². The maximum absolute atomic E-state index is 11.5. The lowest BCUT2D eigenvalue weighted by atomic mass is 9.92. The highest BCUT2D eigenvalue weighted by molar-refractivity contribution is 5.78. The second kappa shape index (κ2) is 5.85. The highest BCUT2D eigenvalue weighted by Gasteiger charge is 2.25. The van der Waals surface area contributed by atoms with Gasteiger partial charge in [-0.05, 0) is 57.1 Å². The normalized spacial score (nSPS) is 19.0. The first-order valence-corrected chi connectivity index (χ1v) is 7.87. The van der Waals surface area contributed by atoms with Gasteiger partial charge in [0.1, 0.15) is 17.7 Å². The van der Waals surface area contributed by atoms with Gasteiger partial charge in [-0.3, -0.25) is 4.79 Å². The zero-order chi connectivity index (χ0) is 14.8. The van der Waals surface area contributed by atoms with E-state index in [0.717, 1.165) is 44.6 Å². The van der Waals surface area contributed by atoms with Gasteiger partial charge < -0.3 is 4.90 Å². The van der Waals surface area contributed by atoms with Gasteiger partial charge in [-0.1, -0.05) is 0 Å². The second-order valence-electron chi connectivity index (χ2n) is 6.16. The summed E-state index contributed by atoms with van der Waals surface area (Å²) in [6, 6.07) is 4.34. The van der Waals surface area contributed by atoms with Crippen molar-refractivity contribution in [2.45, 2.75) is 45.4 Å². The number of aryl methyl sites for hydroxylation is 2. The molecule has 110 valence electrons. The Balaban J connectivity index is 1.85. The molecule has 2 heterocycles. The Hall–Kier alpha value is -1.89. The van der Waals surface area contributed by atoms with Crippen LogP contribution in [0.4, 0.5) is 5.82 Å². The van der Waals surface area contributed by atoms with Crippen molar-refractivity contribution in [2.75, 3.05) is 18.0 Å². The predicted octanol–water partition coefficient (Wildman–Crippen LogP) is 2.64. The molecule has 4 nitrogen and oxygen atoms in total. The van der Waals surface area contributed by atoms with Crippen LogP contribution in [0.2, 0.25) is 0 Å². The highest BCUT2D eigenvalue weighted by Crippen LogP contribution is 2.29. The number of anilines is 1. The quantitative estimate of drug-likeness (QED) is 0.837. The Morgan fingerprint density at radius 1 is 1.33 bits per heavy atom. The third-order valence-corrected chi connectivity index (χ3v) is 4.77. The van der Waals surface area contributed by atoms with Crippen LogP contribution in [0.5, 0.6) is 0 Å². The number of aromatic nitrogens is 1. The minimum absolute atomic E-state index is 0.185. The number of ketones is 1. The maximum atomic E-state index is 11.5. The van der Waals surface area contributed by atoms with E-state index in [9.17, 15) is 10.1 Å². The van der Waals surface area contributed by atoms with Gasteiger partial charge in [0.25, 0.3) is 0 Å². The van der Waals surface area contributed by atoms with E-state index in [0.29, 0.717) is 5.56 Å². The third-order valence-electron chi connectivity index (χ3n) is 4.77. The first-order valence-electron chi connectivity index (χ1n) is 7.87. The first-order chi connectivity index (χ1) is 10.2. The number of rotatable bonds is 2. The number of Topliss-reactive ketones (excluding diaryl/α,β-unsaturated/α-hetero) is 1. The number of hydrogen-bond acceptors (Lipinski definition) is 4. The van der Waals surface area contributed by atoms with Crippen molar-refractivity contribution in [3.63, 3.8) is 0 Å². The summed E-state index contributed by atoms with van der Waals surface area (Å²) in [7, 11) is 0. The molecule has 21 heavy (non-hydrogen) atoms. The molecule has 0 amide bonds. The lowest BCUT2D eigenvalue weighted by Gasteiger charge is -2.33. The van der Waals surface area contributed by atoms with Crippen LogP contribution in [0.3, 0.4) is 0 Å². The van der Waals surface area contributed by atoms with Crippen LogP contribution in [-0.2, 0) is 17.6 Å². The van der Waals surface area contributed by atoms with E-state index < -0.39 is 0 Å². The minimum atomic E-state index is 0.185. The van der Waals surface area contributed by atoms with E-state index in [2.05, 4.69) is 11.0 Å². The van der Waals surface area contributed by atoms with Gasteiger partial charge in [0.2, 0.25) is 0 Å². The Morgan fingerprint density at radius 3 is 2.71 bits per heavy atom. The maximum Gasteiger partial charge on any atom is 0.146 e. The van der Waals surface area contributed by atoms with E-state index in [1.165, 1.54) is 24.1 Å². The summed E-state index contributed by atoms with van der Waals surface area (Å²) in [4.78, 5) is 18.5. The van der Waals surface area contributed by atoms with E-state index in [1.54, 1.807) is 6.92 Å². The molecule has 3 rings (SSSR count). The Kier molecular flexibility index (Phi) is 3.92. The Morgan fingerprint density at radius 2 is 2.05 bits per heavy atom. The highest BCUT2D eigenvalue weighted by atomic mass is 16.1.